The van der Waals surface area contributed by atoms with Crippen molar-refractivity contribution in [2.75, 3.05) is 0 Å². The van der Waals surface area contributed by atoms with Crippen LogP contribution in [0.25, 0.3) is 0 Å². The Balaban J connectivity index is 2.70. The maximum Gasteiger partial charge on any atom is 0.133 e. The lowest BCUT2D eigenvalue weighted by molar-refractivity contribution is 0.465. The lowest BCUT2D eigenvalue weighted by Crippen LogP contribution is -2.11. The fraction of sp³-hybridized carbons (Fsp3) is 0.700. The SMILES string of the molecule is CCCCCC[C@@H](CC)SCc1cc(C(C)(C)C)cc(Br)c1O. The number of benzene rings is 1. The van der Waals surface area contributed by atoms with E-state index in [1.807, 2.05) is 17.8 Å². The van der Waals surface area contributed by atoms with Crippen molar-refractivity contribution in [3.05, 3.63) is 27.7 Å². The Hall–Kier alpha value is -0.150. The first-order valence-corrected chi connectivity index (χ1v) is 10.8. The molecule has 1 nitrogen and oxygen atoms in total. The van der Waals surface area contributed by atoms with E-state index in [-0.39, 0.29) is 5.41 Å². The maximum absolute atomic E-state index is 10.4. The van der Waals surface area contributed by atoms with Gasteiger partial charge in [0.2, 0.25) is 0 Å². The number of unbranched alkanes of at least 4 members (excludes halogenated alkanes) is 3. The number of thioether (sulfide) groups is 1. The summed E-state index contributed by atoms with van der Waals surface area (Å²) in [6.45, 7) is 11.2. The van der Waals surface area contributed by atoms with Crippen molar-refractivity contribution in [2.45, 2.75) is 89.6 Å². The Morgan fingerprint density at radius 2 is 1.83 bits per heavy atom. The molecule has 0 saturated carbocycles. The summed E-state index contributed by atoms with van der Waals surface area (Å²) in [4.78, 5) is 0. The zero-order chi connectivity index (χ0) is 17.5. The molecule has 23 heavy (non-hydrogen) atoms. The van der Waals surface area contributed by atoms with Crippen molar-refractivity contribution in [3.63, 3.8) is 0 Å². The second-order valence-corrected chi connectivity index (χ2v) is 9.55. The van der Waals surface area contributed by atoms with Gasteiger partial charge in [0.05, 0.1) is 4.47 Å². The lowest BCUT2D eigenvalue weighted by Gasteiger charge is -2.22. The molecule has 0 unspecified atom stereocenters. The van der Waals surface area contributed by atoms with Crippen LogP contribution >= 0.6 is 27.7 Å². The van der Waals surface area contributed by atoms with Crippen LogP contribution in [0.4, 0.5) is 0 Å². The summed E-state index contributed by atoms with van der Waals surface area (Å²) in [6, 6.07) is 4.22. The third kappa shape index (κ3) is 7.09. The van der Waals surface area contributed by atoms with E-state index in [2.05, 4.69) is 56.6 Å². The second-order valence-electron chi connectivity index (χ2n) is 7.41. The summed E-state index contributed by atoms with van der Waals surface area (Å²) in [5.41, 5.74) is 2.43. The first kappa shape index (κ1) is 20.9. The molecule has 132 valence electrons. The highest BCUT2D eigenvalue weighted by Crippen LogP contribution is 2.37. The van der Waals surface area contributed by atoms with Gasteiger partial charge in [0, 0.05) is 16.6 Å². The molecule has 0 radical (unpaired) electrons. The van der Waals surface area contributed by atoms with Gasteiger partial charge in [-0.3, -0.25) is 0 Å². The maximum atomic E-state index is 10.4. The molecular weight excluding hydrogens is 368 g/mol. The largest absolute Gasteiger partial charge is 0.506 e. The van der Waals surface area contributed by atoms with E-state index >= 15 is 0 Å². The van der Waals surface area contributed by atoms with Crippen molar-refractivity contribution >= 4 is 27.7 Å². The molecular formula is C20H33BrOS. The van der Waals surface area contributed by atoms with Gasteiger partial charge in [0.1, 0.15) is 5.75 Å². The summed E-state index contributed by atoms with van der Waals surface area (Å²) >= 11 is 5.51. The summed E-state index contributed by atoms with van der Waals surface area (Å²) in [6.07, 6.45) is 7.83. The standard InChI is InChI=1S/C20H33BrOS/c1-6-8-9-10-11-17(7-2)23-14-15-12-16(20(3,4)5)13-18(21)19(15)22/h12-13,17,22H,6-11,14H2,1-5H3/t17-/m1/s1. The predicted octanol–water partition coefficient (Wildman–Crippen LogP) is 7.43. The third-order valence-corrected chi connectivity index (χ3v) is 6.44. The Morgan fingerprint density at radius 3 is 2.39 bits per heavy atom. The fourth-order valence-corrected chi connectivity index (χ4v) is 4.32. The molecule has 1 N–H and O–H groups in total. The second kappa shape index (κ2) is 9.98. The van der Waals surface area contributed by atoms with Gasteiger partial charge in [-0.1, -0.05) is 66.4 Å². The van der Waals surface area contributed by atoms with Gasteiger partial charge >= 0.3 is 0 Å². The summed E-state index contributed by atoms with van der Waals surface area (Å²) in [5.74, 6) is 1.30. The van der Waals surface area contributed by atoms with Crippen LogP contribution in [0.15, 0.2) is 16.6 Å². The van der Waals surface area contributed by atoms with Crippen LogP contribution in [0.2, 0.25) is 0 Å². The normalized spacial score (nSPS) is 13.3. The third-order valence-electron chi connectivity index (χ3n) is 4.32. The molecule has 1 rings (SSSR count). The zero-order valence-corrected chi connectivity index (χ0v) is 17.8. The van der Waals surface area contributed by atoms with Gasteiger partial charge in [-0.25, -0.2) is 0 Å². The average molecular weight is 401 g/mol. The van der Waals surface area contributed by atoms with Crippen molar-refractivity contribution in [1.29, 1.82) is 0 Å². The van der Waals surface area contributed by atoms with E-state index in [1.54, 1.807) is 0 Å². The van der Waals surface area contributed by atoms with Crippen molar-refractivity contribution < 1.29 is 5.11 Å². The molecule has 0 amide bonds. The molecule has 0 fully saturated rings. The van der Waals surface area contributed by atoms with Gasteiger partial charge < -0.3 is 5.11 Å². The van der Waals surface area contributed by atoms with E-state index in [0.717, 1.165) is 15.8 Å². The minimum atomic E-state index is 0.0972. The molecule has 0 heterocycles. The van der Waals surface area contributed by atoms with Crippen molar-refractivity contribution in [3.8, 4) is 5.75 Å². The number of halogens is 1. The lowest BCUT2D eigenvalue weighted by atomic mass is 9.86. The molecule has 0 aliphatic heterocycles. The van der Waals surface area contributed by atoms with Gasteiger partial charge in [-0.05, 0) is 45.8 Å². The van der Waals surface area contributed by atoms with E-state index in [1.165, 1.54) is 44.1 Å². The number of rotatable bonds is 9. The Bertz CT molecular complexity index is 479. The van der Waals surface area contributed by atoms with Crippen LogP contribution in [0.1, 0.15) is 84.3 Å². The fourth-order valence-electron chi connectivity index (χ4n) is 2.61. The highest BCUT2D eigenvalue weighted by atomic mass is 79.9. The number of phenolic OH excluding ortho intramolecular Hbond substituents is 1. The van der Waals surface area contributed by atoms with E-state index in [4.69, 9.17) is 0 Å². The summed E-state index contributed by atoms with van der Waals surface area (Å²) in [7, 11) is 0. The number of hydrogen-bond acceptors (Lipinski definition) is 2. The Kier molecular flexibility index (Phi) is 9.07. The molecule has 0 bridgehead atoms. The molecule has 0 aliphatic carbocycles. The Labute approximate surface area is 155 Å². The smallest absolute Gasteiger partial charge is 0.133 e. The van der Waals surface area contributed by atoms with Crippen LogP contribution in [0.5, 0.6) is 5.75 Å². The van der Waals surface area contributed by atoms with E-state index in [9.17, 15) is 5.11 Å². The molecule has 0 aliphatic rings. The van der Waals surface area contributed by atoms with Gasteiger partial charge in [-0.15, -0.1) is 0 Å². The molecule has 0 saturated heterocycles. The molecule has 1 aromatic rings. The average Bonchev–Trinajstić information content (AvgIpc) is 2.49. The number of hydrogen-bond donors (Lipinski definition) is 1. The number of aromatic hydroxyl groups is 1. The van der Waals surface area contributed by atoms with Gasteiger partial charge in [0.15, 0.2) is 0 Å². The van der Waals surface area contributed by atoms with Gasteiger partial charge in [0.25, 0.3) is 0 Å². The molecule has 0 spiro atoms. The molecule has 0 aromatic heterocycles. The minimum Gasteiger partial charge on any atom is -0.506 e. The first-order valence-electron chi connectivity index (χ1n) is 8.93. The summed E-state index contributed by atoms with van der Waals surface area (Å²) < 4.78 is 0.816. The number of phenols is 1. The summed E-state index contributed by atoms with van der Waals surface area (Å²) in [5, 5.41) is 11.1. The minimum absolute atomic E-state index is 0.0972. The topological polar surface area (TPSA) is 20.2 Å². The Morgan fingerprint density at radius 1 is 1.13 bits per heavy atom. The molecule has 1 aromatic carbocycles. The predicted molar refractivity (Wildman–Crippen MR) is 109 cm³/mol. The van der Waals surface area contributed by atoms with E-state index in [0.29, 0.717) is 11.0 Å². The first-order chi connectivity index (χ1) is 10.8. The van der Waals surface area contributed by atoms with E-state index < -0.39 is 0 Å². The van der Waals surface area contributed by atoms with Gasteiger partial charge in [-0.2, -0.15) is 11.8 Å². The highest BCUT2D eigenvalue weighted by Gasteiger charge is 2.18. The zero-order valence-electron chi connectivity index (χ0n) is 15.4. The monoisotopic (exact) mass is 400 g/mol. The van der Waals surface area contributed by atoms with Crippen LogP contribution in [0, 0.1) is 0 Å². The van der Waals surface area contributed by atoms with Crippen LogP contribution in [-0.4, -0.2) is 10.4 Å². The van der Waals surface area contributed by atoms with Crippen molar-refractivity contribution in [1.82, 2.24) is 0 Å². The highest BCUT2D eigenvalue weighted by molar-refractivity contribution is 9.10. The van der Waals surface area contributed by atoms with Crippen LogP contribution in [0.3, 0.4) is 0 Å². The van der Waals surface area contributed by atoms with Crippen molar-refractivity contribution in [2.24, 2.45) is 0 Å². The molecule has 3 heteroatoms. The van der Waals surface area contributed by atoms with Crippen LogP contribution < -0.4 is 0 Å². The quantitative estimate of drug-likeness (QED) is 0.434. The van der Waals surface area contributed by atoms with Crippen LogP contribution in [-0.2, 0) is 11.2 Å². The molecule has 1 atom stereocenters.